The largest absolute Gasteiger partial charge is 0.392 e. The predicted octanol–water partition coefficient (Wildman–Crippen LogP) is 1.22. The lowest BCUT2D eigenvalue weighted by atomic mass is 10.2. The van der Waals surface area contributed by atoms with Crippen LogP contribution in [0.1, 0.15) is 11.3 Å². The molecule has 0 atom stereocenters. The van der Waals surface area contributed by atoms with Crippen molar-refractivity contribution in [2.45, 2.75) is 13.2 Å². The SMILES string of the molecule is Br.Br.OCc1cccnc1CO. The third-order valence-electron chi connectivity index (χ3n) is 1.30. The molecule has 12 heavy (non-hydrogen) atoms. The van der Waals surface area contributed by atoms with Crippen LogP contribution in [0.3, 0.4) is 0 Å². The first-order chi connectivity index (χ1) is 4.88. The van der Waals surface area contributed by atoms with Gasteiger partial charge in [0.2, 0.25) is 0 Å². The van der Waals surface area contributed by atoms with Gasteiger partial charge in [0.25, 0.3) is 0 Å². The standard InChI is InChI=1S/C7H9NO2.2BrH/c9-4-6-2-1-3-8-7(6)5-10;;/h1-3,9-10H,4-5H2;2*1H. The fraction of sp³-hybridized carbons (Fsp3) is 0.286. The third kappa shape index (κ3) is 3.62. The van der Waals surface area contributed by atoms with Crippen LogP contribution in [0.25, 0.3) is 0 Å². The van der Waals surface area contributed by atoms with Crippen LogP contribution in [0.4, 0.5) is 0 Å². The lowest BCUT2D eigenvalue weighted by molar-refractivity contribution is 0.256. The van der Waals surface area contributed by atoms with E-state index in [-0.39, 0.29) is 47.2 Å². The normalized spacial score (nSPS) is 8.17. The summed E-state index contributed by atoms with van der Waals surface area (Å²) in [6, 6.07) is 3.46. The maximum absolute atomic E-state index is 8.70. The molecule has 0 bridgehead atoms. The number of nitrogens with zero attached hydrogens (tertiary/aromatic N) is 1. The molecule has 0 unspecified atom stereocenters. The Hall–Kier alpha value is 0.0300. The Balaban J connectivity index is 0. The van der Waals surface area contributed by atoms with Crippen LogP contribution in [-0.4, -0.2) is 15.2 Å². The van der Waals surface area contributed by atoms with Crippen LogP contribution in [0.5, 0.6) is 0 Å². The molecule has 1 aromatic heterocycles. The van der Waals surface area contributed by atoms with Gasteiger partial charge in [-0.3, -0.25) is 4.98 Å². The number of rotatable bonds is 2. The molecule has 0 aliphatic rings. The molecule has 0 saturated carbocycles. The zero-order valence-corrected chi connectivity index (χ0v) is 9.73. The molecule has 0 spiro atoms. The van der Waals surface area contributed by atoms with Gasteiger partial charge in [-0.25, -0.2) is 0 Å². The molecule has 0 fully saturated rings. The first-order valence-corrected chi connectivity index (χ1v) is 3.03. The molecular weight excluding hydrogens is 290 g/mol. The van der Waals surface area contributed by atoms with Crippen molar-refractivity contribution in [3.63, 3.8) is 0 Å². The molecule has 1 heterocycles. The topological polar surface area (TPSA) is 53.4 Å². The van der Waals surface area contributed by atoms with E-state index in [9.17, 15) is 0 Å². The van der Waals surface area contributed by atoms with E-state index in [4.69, 9.17) is 10.2 Å². The van der Waals surface area contributed by atoms with E-state index in [2.05, 4.69) is 4.98 Å². The Morgan fingerprint density at radius 3 is 2.25 bits per heavy atom. The van der Waals surface area contributed by atoms with Crippen LogP contribution in [0.2, 0.25) is 0 Å². The van der Waals surface area contributed by atoms with Crippen LogP contribution in [0.15, 0.2) is 18.3 Å². The summed E-state index contributed by atoms with van der Waals surface area (Å²) >= 11 is 0. The highest BCUT2D eigenvalue weighted by atomic mass is 79.9. The Kier molecular flexibility index (Phi) is 9.30. The van der Waals surface area contributed by atoms with E-state index in [1.54, 1.807) is 18.3 Å². The Morgan fingerprint density at radius 1 is 1.17 bits per heavy atom. The van der Waals surface area contributed by atoms with Gasteiger partial charge in [-0.05, 0) is 6.07 Å². The molecule has 0 aliphatic carbocycles. The van der Waals surface area contributed by atoms with Gasteiger partial charge in [0, 0.05) is 11.8 Å². The molecule has 3 nitrogen and oxygen atoms in total. The van der Waals surface area contributed by atoms with Crippen molar-refractivity contribution < 1.29 is 10.2 Å². The van der Waals surface area contributed by atoms with Crippen molar-refractivity contribution in [2.24, 2.45) is 0 Å². The van der Waals surface area contributed by atoms with Gasteiger partial charge in [0.1, 0.15) is 0 Å². The summed E-state index contributed by atoms with van der Waals surface area (Å²) in [6.07, 6.45) is 1.59. The van der Waals surface area contributed by atoms with Gasteiger partial charge in [0.05, 0.1) is 18.9 Å². The van der Waals surface area contributed by atoms with Crippen LogP contribution >= 0.6 is 34.0 Å². The minimum Gasteiger partial charge on any atom is -0.392 e. The van der Waals surface area contributed by atoms with Gasteiger partial charge in [-0.1, -0.05) is 6.07 Å². The summed E-state index contributed by atoms with van der Waals surface area (Å²) in [4.78, 5) is 3.86. The zero-order chi connectivity index (χ0) is 7.40. The number of aromatic nitrogens is 1. The second kappa shape index (κ2) is 7.67. The fourth-order valence-electron chi connectivity index (χ4n) is 0.758. The van der Waals surface area contributed by atoms with Crippen molar-refractivity contribution in [2.75, 3.05) is 0 Å². The third-order valence-corrected chi connectivity index (χ3v) is 1.30. The van der Waals surface area contributed by atoms with Gasteiger partial charge >= 0.3 is 0 Å². The molecule has 5 heteroatoms. The number of aliphatic hydroxyl groups excluding tert-OH is 2. The molecular formula is C7H11Br2NO2. The molecule has 2 N–H and O–H groups in total. The van der Waals surface area contributed by atoms with Crippen molar-refractivity contribution in [3.8, 4) is 0 Å². The average molecular weight is 301 g/mol. The molecule has 70 valence electrons. The van der Waals surface area contributed by atoms with E-state index < -0.39 is 0 Å². The van der Waals surface area contributed by atoms with Crippen molar-refractivity contribution in [3.05, 3.63) is 29.6 Å². The van der Waals surface area contributed by atoms with E-state index >= 15 is 0 Å². The van der Waals surface area contributed by atoms with Crippen LogP contribution in [-0.2, 0) is 13.2 Å². The van der Waals surface area contributed by atoms with Gasteiger partial charge in [0.15, 0.2) is 0 Å². The minimum absolute atomic E-state index is 0. The van der Waals surface area contributed by atoms with Crippen molar-refractivity contribution in [1.82, 2.24) is 4.98 Å². The zero-order valence-electron chi connectivity index (χ0n) is 6.30. The van der Waals surface area contributed by atoms with Gasteiger partial charge in [-0.15, -0.1) is 34.0 Å². The van der Waals surface area contributed by atoms with Crippen molar-refractivity contribution >= 4 is 34.0 Å². The fourth-order valence-corrected chi connectivity index (χ4v) is 0.758. The highest BCUT2D eigenvalue weighted by Crippen LogP contribution is 2.03. The summed E-state index contributed by atoms with van der Waals surface area (Å²) in [5.74, 6) is 0. The van der Waals surface area contributed by atoms with Crippen molar-refractivity contribution in [1.29, 1.82) is 0 Å². The summed E-state index contributed by atoms with van der Waals surface area (Å²) in [6.45, 7) is -0.180. The lowest BCUT2D eigenvalue weighted by Gasteiger charge is -1.99. The Bertz CT molecular complexity index is 197. The quantitative estimate of drug-likeness (QED) is 0.863. The predicted molar refractivity (Wildman–Crippen MR) is 56.7 cm³/mol. The molecule has 0 aromatic carbocycles. The van der Waals surface area contributed by atoms with Gasteiger partial charge < -0.3 is 10.2 Å². The summed E-state index contributed by atoms with van der Waals surface area (Å²) in [5.41, 5.74) is 1.23. The molecule has 0 amide bonds. The summed E-state index contributed by atoms with van der Waals surface area (Å²) in [7, 11) is 0. The molecule has 1 rings (SSSR count). The van der Waals surface area contributed by atoms with E-state index in [0.717, 1.165) is 0 Å². The Morgan fingerprint density at radius 2 is 1.83 bits per heavy atom. The average Bonchev–Trinajstić information content (AvgIpc) is 2.04. The lowest BCUT2D eigenvalue weighted by Crippen LogP contribution is -1.95. The number of pyridine rings is 1. The number of hydrogen-bond donors (Lipinski definition) is 2. The smallest absolute Gasteiger partial charge is 0.0856 e. The first kappa shape index (κ1) is 14.5. The van der Waals surface area contributed by atoms with Gasteiger partial charge in [-0.2, -0.15) is 0 Å². The first-order valence-electron chi connectivity index (χ1n) is 3.03. The second-order valence-electron chi connectivity index (χ2n) is 1.93. The monoisotopic (exact) mass is 299 g/mol. The summed E-state index contributed by atoms with van der Waals surface area (Å²) in [5, 5.41) is 17.4. The minimum atomic E-state index is -0.114. The molecule has 0 aliphatic heterocycles. The number of hydrogen-bond acceptors (Lipinski definition) is 3. The maximum atomic E-state index is 8.70. The molecule has 1 aromatic rings. The summed E-state index contributed by atoms with van der Waals surface area (Å²) < 4.78 is 0. The maximum Gasteiger partial charge on any atom is 0.0856 e. The Labute approximate surface area is 92.0 Å². The van der Waals surface area contributed by atoms with Crippen LogP contribution < -0.4 is 0 Å². The van der Waals surface area contributed by atoms with E-state index in [1.807, 2.05) is 0 Å². The van der Waals surface area contributed by atoms with Crippen LogP contribution in [0, 0.1) is 0 Å². The van der Waals surface area contributed by atoms with E-state index in [1.165, 1.54) is 0 Å². The molecule has 0 saturated heterocycles. The van der Waals surface area contributed by atoms with E-state index in [0.29, 0.717) is 11.3 Å². The second-order valence-corrected chi connectivity index (χ2v) is 1.93. The number of aliphatic hydroxyl groups is 2. The number of halogens is 2. The molecule has 0 radical (unpaired) electrons. The highest BCUT2D eigenvalue weighted by molar-refractivity contribution is 8.93. The highest BCUT2D eigenvalue weighted by Gasteiger charge is 1.97.